The van der Waals surface area contributed by atoms with Gasteiger partial charge in [0.15, 0.2) is 0 Å². The second-order valence-corrected chi connectivity index (χ2v) is 10.5. The van der Waals surface area contributed by atoms with Gasteiger partial charge in [0.2, 0.25) is 21.9 Å². The zero-order valence-corrected chi connectivity index (χ0v) is 22.2. The number of ether oxygens (including phenoxy) is 1. The number of benzene rings is 3. The van der Waals surface area contributed by atoms with Crippen LogP contribution in [0.25, 0.3) is 16.9 Å². The van der Waals surface area contributed by atoms with Gasteiger partial charge >= 0.3 is 0 Å². The summed E-state index contributed by atoms with van der Waals surface area (Å²) in [6.45, 7) is 7.53. The number of hydrogen-bond donors (Lipinski definition) is 1. The van der Waals surface area contributed by atoms with Crippen LogP contribution in [0.15, 0.2) is 103 Å². The zero-order valence-electron chi connectivity index (χ0n) is 21.4. The Morgan fingerprint density at radius 3 is 2.50 bits per heavy atom. The van der Waals surface area contributed by atoms with Gasteiger partial charge < -0.3 is 4.74 Å². The van der Waals surface area contributed by atoms with Crippen LogP contribution in [0, 0.1) is 6.92 Å². The Hall–Kier alpha value is -4.21. The van der Waals surface area contributed by atoms with Crippen molar-refractivity contribution in [3.05, 3.63) is 103 Å². The van der Waals surface area contributed by atoms with E-state index in [1.807, 2.05) is 74.6 Å². The second kappa shape index (κ2) is 11.9. The molecule has 1 aromatic heterocycles. The van der Waals surface area contributed by atoms with E-state index in [0.29, 0.717) is 18.1 Å². The minimum atomic E-state index is -3.92. The molecular formula is C29H30N4O4S. The van der Waals surface area contributed by atoms with Crippen molar-refractivity contribution in [2.75, 3.05) is 25.0 Å². The van der Waals surface area contributed by atoms with Crippen LogP contribution in [0.3, 0.4) is 0 Å². The van der Waals surface area contributed by atoms with E-state index in [1.54, 1.807) is 16.7 Å². The van der Waals surface area contributed by atoms with E-state index in [1.165, 1.54) is 18.2 Å². The van der Waals surface area contributed by atoms with E-state index in [0.717, 1.165) is 21.1 Å². The summed E-state index contributed by atoms with van der Waals surface area (Å²) >= 11 is 0. The highest BCUT2D eigenvalue weighted by molar-refractivity contribution is 7.89. The normalized spacial score (nSPS) is 11.3. The summed E-state index contributed by atoms with van der Waals surface area (Å²) in [7, 11) is -3.92. The molecule has 4 aromatic rings. The van der Waals surface area contributed by atoms with E-state index < -0.39 is 22.5 Å². The van der Waals surface area contributed by atoms with Crippen LogP contribution in [0.4, 0.5) is 5.95 Å². The van der Waals surface area contributed by atoms with Crippen LogP contribution in [0.2, 0.25) is 0 Å². The Balaban J connectivity index is 1.65. The van der Waals surface area contributed by atoms with Crippen LogP contribution < -0.4 is 10.1 Å². The first-order valence-electron chi connectivity index (χ1n) is 12.2. The summed E-state index contributed by atoms with van der Waals surface area (Å²) in [6, 6.07) is 23.5. The molecular weight excluding hydrogens is 500 g/mol. The first-order chi connectivity index (χ1) is 18.3. The van der Waals surface area contributed by atoms with Gasteiger partial charge in [0, 0.05) is 24.4 Å². The van der Waals surface area contributed by atoms with Gasteiger partial charge in [-0.05, 0) is 38.1 Å². The Kier molecular flexibility index (Phi) is 8.40. The largest absolute Gasteiger partial charge is 0.494 e. The van der Waals surface area contributed by atoms with Crippen molar-refractivity contribution in [3.8, 4) is 22.7 Å². The lowest BCUT2D eigenvalue weighted by Gasteiger charge is -2.20. The zero-order chi connectivity index (χ0) is 27.1. The van der Waals surface area contributed by atoms with Crippen LogP contribution in [-0.4, -0.2) is 47.9 Å². The fourth-order valence-corrected chi connectivity index (χ4v) is 5.25. The third-order valence-electron chi connectivity index (χ3n) is 5.74. The molecule has 0 unspecified atom stereocenters. The SMILES string of the molecule is C=CCN(CC(=O)Nc1nc(-c2ccccc2)cn1-c1cccc(OCC)c1)S(=O)(=O)c1ccc(C)cc1. The third-order valence-corrected chi connectivity index (χ3v) is 7.57. The number of sulfonamides is 1. The average Bonchev–Trinajstić information content (AvgIpc) is 3.33. The van der Waals surface area contributed by atoms with Crippen molar-refractivity contribution in [1.82, 2.24) is 13.9 Å². The Morgan fingerprint density at radius 1 is 1.08 bits per heavy atom. The summed E-state index contributed by atoms with van der Waals surface area (Å²) in [5.41, 5.74) is 3.19. The molecule has 9 heteroatoms. The minimum absolute atomic E-state index is 0.0241. The number of nitrogens with one attached hydrogen (secondary N) is 1. The highest BCUT2D eigenvalue weighted by Gasteiger charge is 2.26. The standard InChI is InChI=1S/C29H30N4O4S/c1-4-18-32(38(35,36)26-16-14-22(3)15-17-26)21-28(34)31-29-30-27(23-10-7-6-8-11-23)20-33(29)24-12-9-13-25(19-24)37-5-2/h4,6-17,19-20H,1,5,18,21H2,2-3H3,(H,30,31,34). The van der Waals surface area contributed by atoms with E-state index in [-0.39, 0.29) is 17.4 Å². The summed E-state index contributed by atoms with van der Waals surface area (Å²) in [4.78, 5) is 18.0. The van der Waals surface area contributed by atoms with Crippen molar-refractivity contribution in [1.29, 1.82) is 0 Å². The molecule has 4 rings (SSSR count). The van der Waals surface area contributed by atoms with Gasteiger partial charge in [-0.2, -0.15) is 4.31 Å². The van der Waals surface area contributed by atoms with E-state index in [9.17, 15) is 13.2 Å². The van der Waals surface area contributed by atoms with E-state index in [2.05, 4.69) is 16.9 Å². The van der Waals surface area contributed by atoms with Crippen LogP contribution in [-0.2, 0) is 14.8 Å². The second-order valence-electron chi connectivity index (χ2n) is 8.56. The van der Waals surface area contributed by atoms with Gasteiger partial charge in [0.05, 0.1) is 29.4 Å². The Bertz CT molecular complexity index is 1510. The lowest BCUT2D eigenvalue weighted by atomic mass is 10.2. The minimum Gasteiger partial charge on any atom is -0.494 e. The highest BCUT2D eigenvalue weighted by atomic mass is 32.2. The molecule has 38 heavy (non-hydrogen) atoms. The summed E-state index contributed by atoms with van der Waals surface area (Å²) in [5.74, 6) is 0.405. The fraction of sp³-hybridized carbons (Fsp3) is 0.172. The summed E-state index contributed by atoms with van der Waals surface area (Å²) in [6.07, 6.45) is 3.27. The monoisotopic (exact) mass is 530 g/mol. The summed E-state index contributed by atoms with van der Waals surface area (Å²) < 4.78 is 35.0. The highest BCUT2D eigenvalue weighted by Crippen LogP contribution is 2.26. The number of imidazole rings is 1. The molecule has 0 aliphatic heterocycles. The predicted octanol–water partition coefficient (Wildman–Crippen LogP) is 5.06. The molecule has 3 aromatic carbocycles. The molecule has 1 heterocycles. The molecule has 0 fully saturated rings. The number of aryl methyl sites for hydroxylation is 1. The number of aromatic nitrogens is 2. The number of nitrogens with zero attached hydrogens (tertiary/aromatic N) is 3. The van der Waals surface area contributed by atoms with Gasteiger partial charge in [0.25, 0.3) is 0 Å². The molecule has 0 saturated carbocycles. The van der Waals surface area contributed by atoms with E-state index >= 15 is 0 Å². The Morgan fingerprint density at radius 2 is 1.82 bits per heavy atom. The molecule has 8 nitrogen and oxygen atoms in total. The summed E-state index contributed by atoms with van der Waals surface area (Å²) in [5, 5.41) is 2.80. The van der Waals surface area contributed by atoms with Crippen LogP contribution in [0.1, 0.15) is 12.5 Å². The Labute approximate surface area is 223 Å². The topological polar surface area (TPSA) is 93.5 Å². The van der Waals surface area contributed by atoms with Crippen molar-refractivity contribution < 1.29 is 17.9 Å². The molecule has 0 bridgehead atoms. The number of carbonyl (C=O) groups excluding carboxylic acids is 1. The van der Waals surface area contributed by atoms with Crippen LogP contribution in [0.5, 0.6) is 5.75 Å². The van der Waals surface area contributed by atoms with Crippen molar-refractivity contribution in [2.24, 2.45) is 0 Å². The number of carbonyl (C=O) groups is 1. The van der Waals surface area contributed by atoms with Gasteiger partial charge in [-0.15, -0.1) is 6.58 Å². The van der Waals surface area contributed by atoms with Gasteiger partial charge in [0.1, 0.15) is 5.75 Å². The maximum Gasteiger partial charge on any atom is 0.243 e. The van der Waals surface area contributed by atoms with Crippen LogP contribution >= 0.6 is 0 Å². The first-order valence-corrected chi connectivity index (χ1v) is 13.6. The number of amides is 1. The predicted molar refractivity (Wildman–Crippen MR) is 149 cm³/mol. The maximum absolute atomic E-state index is 13.3. The molecule has 0 saturated heterocycles. The fourth-order valence-electron chi connectivity index (χ4n) is 3.88. The molecule has 0 spiro atoms. The lowest BCUT2D eigenvalue weighted by molar-refractivity contribution is -0.116. The molecule has 0 aliphatic rings. The molecule has 1 N–H and O–H groups in total. The smallest absolute Gasteiger partial charge is 0.243 e. The molecule has 1 amide bonds. The lowest BCUT2D eigenvalue weighted by Crippen LogP contribution is -2.38. The van der Waals surface area contributed by atoms with Crippen molar-refractivity contribution in [2.45, 2.75) is 18.7 Å². The average molecular weight is 531 g/mol. The number of anilines is 1. The van der Waals surface area contributed by atoms with Crippen molar-refractivity contribution >= 4 is 21.9 Å². The molecule has 0 radical (unpaired) electrons. The van der Waals surface area contributed by atoms with Gasteiger partial charge in [-0.3, -0.25) is 14.7 Å². The van der Waals surface area contributed by atoms with E-state index in [4.69, 9.17) is 4.74 Å². The molecule has 0 atom stereocenters. The van der Waals surface area contributed by atoms with Crippen molar-refractivity contribution in [3.63, 3.8) is 0 Å². The molecule has 196 valence electrons. The quantitative estimate of drug-likeness (QED) is 0.274. The molecule has 0 aliphatic carbocycles. The number of rotatable bonds is 11. The maximum atomic E-state index is 13.3. The van der Waals surface area contributed by atoms with Gasteiger partial charge in [-0.1, -0.05) is 60.2 Å². The third kappa shape index (κ3) is 6.19. The first kappa shape index (κ1) is 26.8. The van der Waals surface area contributed by atoms with Gasteiger partial charge in [-0.25, -0.2) is 13.4 Å². The number of hydrogen-bond acceptors (Lipinski definition) is 5.